The molecule has 2 rings (SSSR count). The molecule has 2 aromatic rings. The van der Waals surface area contributed by atoms with Gasteiger partial charge in [-0.15, -0.1) is 0 Å². The summed E-state index contributed by atoms with van der Waals surface area (Å²) in [5.74, 6) is -0.923. The van der Waals surface area contributed by atoms with E-state index in [2.05, 4.69) is 0 Å². The quantitative estimate of drug-likeness (QED) is 0.883. The number of rotatable bonds is 6. The van der Waals surface area contributed by atoms with Gasteiger partial charge in [-0.25, -0.2) is 4.79 Å². The maximum atomic E-state index is 11.4. The van der Waals surface area contributed by atoms with Crippen LogP contribution in [0.5, 0.6) is 0 Å². The summed E-state index contributed by atoms with van der Waals surface area (Å²) in [6.45, 7) is 4.31. The van der Waals surface area contributed by atoms with Crippen molar-refractivity contribution in [2.24, 2.45) is 0 Å². The highest BCUT2D eigenvalue weighted by Crippen LogP contribution is 2.17. The van der Waals surface area contributed by atoms with Crippen molar-refractivity contribution in [3.05, 3.63) is 70.8 Å². The topological polar surface area (TPSA) is 46.5 Å². The van der Waals surface area contributed by atoms with E-state index in [1.54, 1.807) is 0 Å². The number of aliphatic carboxylic acids is 1. The van der Waals surface area contributed by atoms with Gasteiger partial charge in [-0.3, -0.25) is 0 Å². The fourth-order valence-corrected chi connectivity index (χ4v) is 2.34. The van der Waals surface area contributed by atoms with Crippen LogP contribution >= 0.6 is 0 Å². The van der Waals surface area contributed by atoms with Gasteiger partial charge in [0.25, 0.3) is 0 Å². The van der Waals surface area contributed by atoms with Gasteiger partial charge in [-0.05, 0) is 36.1 Å². The van der Waals surface area contributed by atoms with Gasteiger partial charge >= 0.3 is 5.97 Å². The lowest BCUT2D eigenvalue weighted by Crippen LogP contribution is -2.27. The van der Waals surface area contributed by atoms with Crippen molar-refractivity contribution in [3.8, 4) is 0 Å². The Balaban J connectivity index is 2.08. The molecule has 1 atom stereocenters. The summed E-state index contributed by atoms with van der Waals surface area (Å²) in [6, 6.07) is 15.6. The summed E-state index contributed by atoms with van der Waals surface area (Å²) in [5.41, 5.74) is 4.23. The zero-order chi connectivity index (χ0) is 15.2. The van der Waals surface area contributed by atoms with Crippen LogP contribution in [0.3, 0.4) is 0 Å². The predicted octanol–water partition coefficient (Wildman–Crippen LogP) is 3.52. The van der Waals surface area contributed by atoms with E-state index in [4.69, 9.17) is 4.74 Å². The molecule has 0 amide bonds. The van der Waals surface area contributed by atoms with Gasteiger partial charge in [-0.2, -0.15) is 0 Å². The number of hydrogen-bond donors (Lipinski definition) is 1. The average molecular weight is 284 g/mol. The Hall–Kier alpha value is -2.13. The van der Waals surface area contributed by atoms with Crippen molar-refractivity contribution in [3.63, 3.8) is 0 Å². The van der Waals surface area contributed by atoms with E-state index in [0.717, 1.165) is 22.3 Å². The van der Waals surface area contributed by atoms with Crippen molar-refractivity contribution in [2.45, 2.75) is 33.0 Å². The van der Waals surface area contributed by atoms with E-state index in [-0.39, 0.29) is 0 Å². The molecule has 0 spiro atoms. The molecule has 2 aromatic carbocycles. The minimum atomic E-state index is -0.923. The van der Waals surface area contributed by atoms with Gasteiger partial charge in [0.1, 0.15) is 0 Å². The molecule has 0 aromatic heterocycles. The van der Waals surface area contributed by atoms with E-state index in [1.807, 2.05) is 62.4 Å². The van der Waals surface area contributed by atoms with Crippen LogP contribution < -0.4 is 0 Å². The molecule has 3 nitrogen and oxygen atoms in total. The third-order valence-corrected chi connectivity index (χ3v) is 3.60. The molecule has 3 heteroatoms. The second-order valence-electron chi connectivity index (χ2n) is 5.20. The Kier molecular flexibility index (Phi) is 5.12. The highest BCUT2D eigenvalue weighted by Gasteiger charge is 2.20. The molecule has 0 heterocycles. The lowest BCUT2D eigenvalue weighted by molar-refractivity contribution is -0.151. The van der Waals surface area contributed by atoms with Gasteiger partial charge in [0.05, 0.1) is 6.61 Å². The SMILES string of the molecule is Cc1cccc(C)c1C[C@H](OCc1ccccc1)C(=O)O. The lowest BCUT2D eigenvalue weighted by Gasteiger charge is -2.17. The van der Waals surface area contributed by atoms with Crippen LogP contribution in [0.2, 0.25) is 0 Å². The van der Waals surface area contributed by atoms with Crippen molar-refractivity contribution in [1.29, 1.82) is 0 Å². The first kappa shape index (κ1) is 15.3. The second kappa shape index (κ2) is 7.04. The number of aryl methyl sites for hydroxylation is 2. The van der Waals surface area contributed by atoms with Crippen LogP contribution in [0.4, 0.5) is 0 Å². The molecule has 0 aliphatic rings. The molecular weight excluding hydrogens is 264 g/mol. The number of benzene rings is 2. The lowest BCUT2D eigenvalue weighted by atomic mass is 9.97. The molecule has 0 saturated heterocycles. The minimum absolute atomic E-state index is 0.308. The minimum Gasteiger partial charge on any atom is -0.479 e. The smallest absolute Gasteiger partial charge is 0.333 e. The van der Waals surface area contributed by atoms with E-state index in [1.165, 1.54) is 0 Å². The summed E-state index contributed by atoms with van der Waals surface area (Å²) in [5, 5.41) is 9.37. The van der Waals surface area contributed by atoms with E-state index >= 15 is 0 Å². The van der Waals surface area contributed by atoms with Gasteiger partial charge in [0.2, 0.25) is 0 Å². The van der Waals surface area contributed by atoms with Crippen LogP contribution in [0.15, 0.2) is 48.5 Å². The first-order chi connectivity index (χ1) is 10.1. The van der Waals surface area contributed by atoms with Gasteiger partial charge in [0.15, 0.2) is 6.10 Å². The zero-order valence-electron chi connectivity index (χ0n) is 12.4. The first-order valence-electron chi connectivity index (χ1n) is 7.01. The molecular formula is C18H20O3. The van der Waals surface area contributed by atoms with Crippen molar-refractivity contribution in [1.82, 2.24) is 0 Å². The summed E-state index contributed by atoms with van der Waals surface area (Å²) in [7, 11) is 0. The molecule has 0 radical (unpaired) electrons. The van der Waals surface area contributed by atoms with Crippen LogP contribution in [0, 0.1) is 13.8 Å². The number of hydrogen-bond acceptors (Lipinski definition) is 2. The summed E-state index contributed by atoms with van der Waals surface area (Å²) >= 11 is 0. The largest absolute Gasteiger partial charge is 0.479 e. The average Bonchev–Trinajstić information content (AvgIpc) is 2.47. The Bertz CT molecular complexity index is 585. The van der Waals surface area contributed by atoms with Crippen molar-refractivity contribution < 1.29 is 14.6 Å². The van der Waals surface area contributed by atoms with Gasteiger partial charge in [0, 0.05) is 6.42 Å². The maximum Gasteiger partial charge on any atom is 0.333 e. The maximum absolute atomic E-state index is 11.4. The van der Waals surface area contributed by atoms with Gasteiger partial charge < -0.3 is 9.84 Å². The third-order valence-electron chi connectivity index (χ3n) is 3.60. The molecule has 1 N–H and O–H groups in total. The second-order valence-corrected chi connectivity index (χ2v) is 5.20. The molecule has 0 bridgehead atoms. The van der Waals surface area contributed by atoms with E-state index in [0.29, 0.717) is 13.0 Å². The number of carbonyl (C=O) groups is 1. The Morgan fingerprint density at radius 3 is 2.24 bits per heavy atom. The number of ether oxygens (including phenoxy) is 1. The molecule has 21 heavy (non-hydrogen) atoms. The zero-order valence-corrected chi connectivity index (χ0v) is 12.4. The number of carboxylic acids is 1. The summed E-state index contributed by atoms with van der Waals surface area (Å²) in [4.78, 5) is 11.4. The molecule has 0 unspecified atom stereocenters. The normalized spacial score (nSPS) is 12.1. The molecule has 0 aliphatic heterocycles. The van der Waals surface area contributed by atoms with Gasteiger partial charge in [-0.1, -0.05) is 48.5 Å². The Labute approximate surface area is 125 Å². The standard InChI is InChI=1S/C18H20O3/c1-13-7-6-8-14(2)16(13)11-17(18(19)20)21-12-15-9-4-3-5-10-15/h3-10,17H,11-12H2,1-2H3,(H,19,20)/t17-/m0/s1. The fourth-order valence-electron chi connectivity index (χ4n) is 2.34. The van der Waals surface area contributed by atoms with Crippen molar-refractivity contribution in [2.75, 3.05) is 0 Å². The number of carboxylic acid groups (broad SMARTS) is 1. The molecule has 0 fully saturated rings. The molecule has 0 aliphatic carbocycles. The Morgan fingerprint density at radius 2 is 1.67 bits per heavy atom. The third kappa shape index (κ3) is 4.17. The predicted molar refractivity (Wildman–Crippen MR) is 82.3 cm³/mol. The highest BCUT2D eigenvalue weighted by atomic mass is 16.5. The Morgan fingerprint density at radius 1 is 1.05 bits per heavy atom. The van der Waals surface area contributed by atoms with Crippen LogP contribution in [0.1, 0.15) is 22.3 Å². The van der Waals surface area contributed by atoms with E-state index in [9.17, 15) is 9.90 Å². The highest BCUT2D eigenvalue weighted by molar-refractivity contribution is 5.73. The fraction of sp³-hybridized carbons (Fsp3) is 0.278. The van der Waals surface area contributed by atoms with Crippen LogP contribution in [-0.4, -0.2) is 17.2 Å². The van der Waals surface area contributed by atoms with E-state index < -0.39 is 12.1 Å². The van der Waals surface area contributed by atoms with Crippen LogP contribution in [0.25, 0.3) is 0 Å². The summed E-state index contributed by atoms with van der Waals surface area (Å²) in [6.07, 6.45) is -0.439. The summed E-state index contributed by atoms with van der Waals surface area (Å²) < 4.78 is 5.60. The van der Waals surface area contributed by atoms with Crippen molar-refractivity contribution >= 4 is 5.97 Å². The molecule has 110 valence electrons. The molecule has 0 saturated carbocycles. The first-order valence-corrected chi connectivity index (χ1v) is 7.01. The van der Waals surface area contributed by atoms with Crippen LogP contribution in [-0.2, 0) is 22.6 Å². The monoisotopic (exact) mass is 284 g/mol.